The number of rotatable bonds is 8. The number of carbonyl (C=O) groups excluding carboxylic acids is 1. The van der Waals surface area contributed by atoms with Gasteiger partial charge in [0, 0.05) is 25.9 Å². The number of hydrogen-bond donors (Lipinski definition) is 1. The molecule has 7 heteroatoms. The fraction of sp³-hybridized carbons (Fsp3) is 0.588. The molecule has 1 fully saturated rings. The Morgan fingerprint density at radius 3 is 2.21 bits per heavy atom. The molecule has 1 aromatic carbocycles. The lowest BCUT2D eigenvalue weighted by atomic mass is 9.77. The van der Waals surface area contributed by atoms with Crippen LogP contribution in [-0.4, -0.2) is 44.4 Å². The molecule has 0 aromatic heterocycles. The van der Waals surface area contributed by atoms with Crippen LogP contribution in [0.2, 0.25) is 0 Å². The SMILES string of the molecule is CCN(CC)S(=O)(=O)c1ccc(NC(=O)CC2(OC)CCC2)cc1. The molecule has 2 rings (SSSR count). The number of methoxy groups -OCH3 is 1. The number of sulfonamides is 1. The Hall–Kier alpha value is -1.44. The summed E-state index contributed by atoms with van der Waals surface area (Å²) in [5, 5.41) is 2.81. The van der Waals surface area contributed by atoms with E-state index in [-0.39, 0.29) is 16.4 Å². The molecule has 0 heterocycles. The molecular weight excluding hydrogens is 328 g/mol. The first kappa shape index (κ1) is 18.9. The van der Waals surface area contributed by atoms with Crippen LogP contribution in [0.3, 0.4) is 0 Å². The quantitative estimate of drug-likeness (QED) is 0.779. The van der Waals surface area contributed by atoms with Gasteiger partial charge in [-0.3, -0.25) is 4.79 Å². The Kier molecular flexibility index (Phi) is 6.01. The standard InChI is InChI=1S/C17H26N2O4S/c1-4-19(5-2)24(21,22)15-9-7-14(8-10-15)18-16(20)13-17(23-3)11-6-12-17/h7-10H,4-6,11-13H2,1-3H3,(H,18,20). The summed E-state index contributed by atoms with van der Waals surface area (Å²) in [5.41, 5.74) is 0.264. The Labute approximate surface area is 144 Å². The van der Waals surface area contributed by atoms with Crippen molar-refractivity contribution in [3.8, 4) is 0 Å². The number of hydrogen-bond acceptors (Lipinski definition) is 4. The Balaban J connectivity index is 2.03. The van der Waals surface area contributed by atoms with Crippen molar-refractivity contribution >= 4 is 21.6 Å². The van der Waals surface area contributed by atoms with Crippen LogP contribution in [0.25, 0.3) is 0 Å². The summed E-state index contributed by atoms with van der Waals surface area (Å²) < 4.78 is 31.7. The minimum absolute atomic E-state index is 0.115. The van der Waals surface area contributed by atoms with E-state index in [1.54, 1.807) is 19.2 Å². The zero-order valence-corrected chi connectivity index (χ0v) is 15.4. The lowest BCUT2D eigenvalue weighted by Gasteiger charge is -2.39. The van der Waals surface area contributed by atoms with Gasteiger partial charge in [0.15, 0.2) is 0 Å². The van der Waals surface area contributed by atoms with E-state index in [1.807, 2.05) is 13.8 Å². The molecule has 0 bridgehead atoms. The van der Waals surface area contributed by atoms with Crippen molar-refractivity contribution in [3.63, 3.8) is 0 Å². The fourth-order valence-corrected chi connectivity index (χ4v) is 4.40. The number of nitrogens with one attached hydrogen (secondary N) is 1. The van der Waals surface area contributed by atoms with Crippen LogP contribution >= 0.6 is 0 Å². The molecule has 1 amide bonds. The van der Waals surface area contributed by atoms with E-state index in [0.717, 1.165) is 19.3 Å². The average Bonchev–Trinajstić information content (AvgIpc) is 2.52. The third-order valence-electron chi connectivity index (χ3n) is 4.66. The molecule has 0 atom stereocenters. The van der Waals surface area contributed by atoms with E-state index >= 15 is 0 Å². The Bertz CT molecular complexity index is 657. The molecule has 0 spiro atoms. The lowest BCUT2D eigenvalue weighted by Crippen LogP contribution is -2.42. The van der Waals surface area contributed by atoms with Gasteiger partial charge in [-0.25, -0.2) is 8.42 Å². The highest BCUT2D eigenvalue weighted by atomic mass is 32.2. The largest absolute Gasteiger partial charge is 0.378 e. The highest BCUT2D eigenvalue weighted by Crippen LogP contribution is 2.38. The zero-order valence-electron chi connectivity index (χ0n) is 14.5. The summed E-state index contributed by atoms with van der Waals surface area (Å²) in [6, 6.07) is 6.29. The highest BCUT2D eigenvalue weighted by Gasteiger charge is 2.39. The molecule has 0 radical (unpaired) electrons. The molecule has 1 aliphatic carbocycles. The molecule has 1 N–H and O–H groups in total. The second-order valence-electron chi connectivity index (χ2n) is 6.08. The number of carbonyl (C=O) groups is 1. The van der Waals surface area contributed by atoms with Gasteiger partial charge in [-0.1, -0.05) is 13.8 Å². The van der Waals surface area contributed by atoms with E-state index in [1.165, 1.54) is 16.4 Å². The smallest absolute Gasteiger partial charge is 0.243 e. The van der Waals surface area contributed by atoms with Crippen molar-refractivity contribution < 1.29 is 17.9 Å². The monoisotopic (exact) mass is 354 g/mol. The van der Waals surface area contributed by atoms with Crippen LogP contribution in [0.15, 0.2) is 29.2 Å². The van der Waals surface area contributed by atoms with Crippen LogP contribution in [0.1, 0.15) is 39.5 Å². The molecule has 134 valence electrons. The fourth-order valence-electron chi connectivity index (χ4n) is 2.94. The highest BCUT2D eigenvalue weighted by molar-refractivity contribution is 7.89. The summed E-state index contributed by atoms with van der Waals surface area (Å²) in [7, 11) is -1.84. The molecule has 1 saturated carbocycles. The molecule has 1 aromatic rings. The number of nitrogens with zero attached hydrogens (tertiary/aromatic N) is 1. The second kappa shape index (κ2) is 7.63. The van der Waals surface area contributed by atoms with Gasteiger partial charge in [-0.2, -0.15) is 4.31 Å². The predicted molar refractivity (Wildman–Crippen MR) is 93.4 cm³/mol. The first-order valence-electron chi connectivity index (χ1n) is 8.32. The third kappa shape index (κ3) is 3.96. The van der Waals surface area contributed by atoms with Crippen molar-refractivity contribution in [3.05, 3.63) is 24.3 Å². The molecular formula is C17H26N2O4S. The van der Waals surface area contributed by atoms with Crippen molar-refractivity contribution in [2.45, 2.75) is 50.0 Å². The second-order valence-corrected chi connectivity index (χ2v) is 8.02. The van der Waals surface area contributed by atoms with E-state index in [2.05, 4.69) is 5.32 Å². The van der Waals surface area contributed by atoms with Crippen molar-refractivity contribution in [1.29, 1.82) is 0 Å². The third-order valence-corrected chi connectivity index (χ3v) is 6.73. The number of amides is 1. The van der Waals surface area contributed by atoms with Crippen molar-refractivity contribution in [2.75, 3.05) is 25.5 Å². The van der Waals surface area contributed by atoms with Gasteiger partial charge in [0.25, 0.3) is 0 Å². The van der Waals surface area contributed by atoms with Crippen LogP contribution in [0.4, 0.5) is 5.69 Å². The lowest BCUT2D eigenvalue weighted by molar-refractivity contribution is -0.129. The van der Waals surface area contributed by atoms with E-state index in [9.17, 15) is 13.2 Å². The first-order valence-corrected chi connectivity index (χ1v) is 9.76. The van der Waals surface area contributed by atoms with Crippen LogP contribution < -0.4 is 5.32 Å². The van der Waals surface area contributed by atoms with E-state index < -0.39 is 10.0 Å². The topological polar surface area (TPSA) is 75.7 Å². The normalized spacial score (nSPS) is 16.7. The first-order chi connectivity index (χ1) is 11.4. The maximum Gasteiger partial charge on any atom is 0.243 e. The number of anilines is 1. The van der Waals surface area contributed by atoms with E-state index in [4.69, 9.17) is 4.74 Å². The Morgan fingerprint density at radius 2 is 1.79 bits per heavy atom. The minimum Gasteiger partial charge on any atom is -0.378 e. The minimum atomic E-state index is -3.47. The van der Waals surface area contributed by atoms with Gasteiger partial charge >= 0.3 is 0 Å². The van der Waals surface area contributed by atoms with Crippen molar-refractivity contribution in [2.24, 2.45) is 0 Å². The van der Waals surface area contributed by atoms with Gasteiger partial charge in [0.2, 0.25) is 15.9 Å². The van der Waals surface area contributed by atoms with Gasteiger partial charge in [-0.15, -0.1) is 0 Å². The predicted octanol–water partition coefficient (Wildman–Crippen LogP) is 2.61. The summed E-state index contributed by atoms with van der Waals surface area (Å²) in [6.07, 6.45) is 3.21. The molecule has 24 heavy (non-hydrogen) atoms. The summed E-state index contributed by atoms with van der Waals surface area (Å²) in [6.45, 7) is 4.47. The molecule has 0 saturated heterocycles. The number of ether oxygens (including phenoxy) is 1. The summed E-state index contributed by atoms with van der Waals surface area (Å²) in [4.78, 5) is 12.4. The van der Waals surface area contributed by atoms with E-state index in [0.29, 0.717) is 25.2 Å². The maximum absolute atomic E-state index is 12.4. The summed E-state index contributed by atoms with van der Waals surface area (Å²) >= 11 is 0. The van der Waals surface area contributed by atoms with Gasteiger partial charge < -0.3 is 10.1 Å². The molecule has 1 aliphatic rings. The van der Waals surface area contributed by atoms with Crippen molar-refractivity contribution in [1.82, 2.24) is 4.31 Å². The molecule has 6 nitrogen and oxygen atoms in total. The summed E-state index contributed by atoms with van der Waals surface area (Å²) in [5.74, 6) is -0.115. The number of benzene rings is 1. The van der Waals surface area contributed by atoms with Crippen LogP contribution in [0, 0.1) is 0 Å². The zero-order chi connectivity index (χ0) is 17.8. The average molecular weight is 354 g/mol. The van der Waals surface area contributed by atoms with Gasteiger partial charge in [-0.05, 0) is 43.5 Å². The Morgan fingerprint density at radius 1 is 1.21 bits per heavy atom. The van der Waals surface area contributed by atoms with Crippen LogP contribution in [-0.2, 0) is 19.6 Å². The molecule has 0 unspecified atom stereocenters. The maximum atomic E-state index is 12.4. The molecule has 0 aliphatic heterocycles. The van der Waals surface area contributed by atoms with Crippen LogP contribution in [0.5, 0.6) is 0 Å². The van der Waals surface area contributed by atoms with Gasteiger partial charge in [0.05, 0.1) is 16.9 Å². The van der Waals surface area contributed by atoms with Gasteiger partial charge in [0.1, 0.15) is 0 Å².